The van der Waals surface area contributed by atoms with Gasteiger partial charge in [-0.1, -0.05) is 24.6 Å². The Kier molecular flexibility index (Phi) is 6.95. The van der Waals surface area contributed by atoms with E-state index in [1.54, 1.807) is 4.90 Å². The van der Waals surface area contributed by atoms with E-state index in [1.165, 1.54) is 30.7 Å². The molecule has 0 radical (unpaired) electrons. The molecular weight excluding hydrogens is 442 g/mol. The van der Waals surface area contributed by atoms with Crippen LogP contribution in [0.25, 0.3) is 0 Å². The molecule has 0 unspecified atom stereocenters. The van der Waals surface area contributed by atoms with Crippen molar-refractivity contribution in [2.45, 2.75) is 39.2 Å². The second kappa shape index (κ2) is 9.73. The van der Waals surface area contributed by atoms with Crippen molar-refractivity contribution in [1.82, 2.24) is 19.6 Å². The summed E-state index contributed by atoms with van der Waals surface area (Å²) in [5, 5.41) is 13.7. The molecule has 0 bridgehead atoms. The Morgan fingerprint density at radius 3 is 2.48 bits per heavy atom. The van der Waals surface area contributed by atoms with Crippen LogP contribution in [0.2, 0.25) is 5.02 Å². The summed E-state index contributed by atoms with van der Waals surface area (Å²) in [7, 11) is 2.14. The molecule has 2 aliphatic heterocycles. The average Bonchev–Trinajstić information content (AvgIpc) is 3.47. The number of aromatic carboxylic acids is 1. The third-order valence-corrected chi connectivity index (χ3v) is 7.13. The number of carboxylic acid groups (broad SMARTS) is 1. The molecule has 0 saturated carbocycles. The minimum Gasteiger partial charge on any atom is -0.476 e. The van der Waals surface area contributed by atoms with Gasteiger partial charge in [0.05, 0.1) is 10.7 Å². The van der Waals surface area contributed by atoms with Crippen LogP contribution in [-0.4, -0.2) is 76.5 Å². The SMILES string of the molecule is CN(Cc1ccc(Cl)c(N2CCCC2)c1)CC1(C)CCN(C(=O)n2ccc(C(=O)O)n2)CC1. The van der Waals surface area contributed by atoms with Crippen LogP contribution >= 0.6 is 11.6 Å². The monoisotopic (exact) mass is 473 g/mol. The molecule has 8 nitrogen and oxygen atoms in total. The quantitative estimate of drug-likeness (QED) is 0.682. The normalized spacial score (nSPS) is 18.2. The highest BCUT2D eigenvalue weighted by Gasteiger charge is 2.33. The molecule has 2 fully saturated rings. The van der Waals surface area contributed by atoms with Gasteiger partial charge in [0, 0.05) is 45.5 Å². The van der Waals surface area contributed by atoms with E-state index in [0.717, 1.165) is 54.4 Å². The standard InChI is InChI=1S/C24H32ClN5O3/c1-24(8-13-29(14-9-24)23(33)30-12-7-20(26-30)22(31)32)17-27(2)16-18-5-6-19(25)21(15-18)28-10-3-4-11-28/h5-7,12,15H,3-4,8-11,13-14,16-17H2,1-2H3,(H,31,32). The molecule has 2 saturated heterocycles. The number of hydrogen-bond acceptors (Lipinski definition) is 5. The fraction of sp³-hybridized carbons (Fsp3) is 0.542. The van der Waals surface area contributed by atoms with E-state index in [9.17, 15) is 9.59 Å². The van der Waals surface area contributed by atoms with Crippen LogP contribution in [0, 0.1) is 5.41 Å². The number of carbonyl (C=O) groups excluding carboxylic acids is 1. The van der Waals surface area contributed by atoms with Crippen LogP contribution in [0.15, 0.2) is 30.5 Å². The summed E-state index contributed by atoms with van der Waals surface area (Å²) in [6.07, 6.45) is 5.63. The van der Waals surface area contributed by atoms with Crippen LogP contribution in [0.1, 0.15) is 48.7 Å². The molecule has 1 aromatic heterocycles. The molecule has 9 heteroatoms. The van der Waals surface area contributed by atoms with Gasteiger partial charge in [0.25, 0.3) is 0 Å². The van der Waals surface area contributed by atoms with Gasteiger partial charge in [-0.25, -0.2) is 9.59 Å². The number of anilines is 1. The zero-order valence-electron chi connectivity index (χ0n) is 19.3. The van der Waals surface area contributed by atoms with Crippen molar-refractivity contribution >= 4 is 29.3 Å². The van der Waals surface area contributed by atoms with Crippen molar-refractivity contribution in [3.63, 3.8) is 0 Å². The minimum atomic E-state index is -1.14. The van der Waals surface area contributed by atoms with Gasteiger partial charge in [-0.3, -0.25) is 0 Å². The Bertz CT molecular complexity index is 1010. The van der Waals surface area contributed by atoms with Crippen LogP contribution in [0.5, 0.6) is 0 Å². The number of hydrogen-bond donors (Lipinski definition) is 1. The van der Waals surface area contributed by atoms with Crippen LogP contribution in [0.3, 0.4) is 0 Å². The number of likely N-dealkylation sites (tertiary alicyclic amines) is 1. The number of nitrogens with zero attached hydrogens (tertiary/aromatic N) is 5. The van der Waals surface area contributed by atoms with Gasteiger partial charge in [0.2, 0.25) is 0 Å². The topological polar surface area (TPSA) is 81.9 Å². The highest BCUT2D eigenvalue weighted by molar-refractivity contribution is 6.33. The molecule has 33 heavy (non-hydrogen) atoms. The fourth-order valence-electron chi connectivity index (χ4n) is 4.96. The van der Waals surface area contributed by atoms with Crippen molar-refractivity contribution in [2.75, 3.05) is 44.7 Å². The Morgan fingerprint density at radius 2 is 1.85 bits per heavy atom. The molecule has 1 aromatic carbocycles. The number of carboxylic acids is 1. The Morgan fingerprint density at radius 1 is 1.15 bits per heavy atom. The molecule has 3 heterocycles. The summed E-state index contributed by atoms with van der Waals surface area (Å²) >= 11 is 6.47. The van der Waals surface area contributed by atoms with Gasteiger partial charge >= 0.3 is 12.0 Å². The third kappa shape index (κ3) is 5.50. The third-order valence-electron chi connectivity index (χ3n) is 6.81. The largest absolute Gasteiger partial charge is 0.476 e. The number of benzene rings is 1. The lowest BCUT2D eigenvalue weighted by molar-refractivity contribution is 0.0689. The van der Waals surface area contributed by atoms with Crippen LogP contribution in [0.4, 0.5) is 10.5 Å². The van der Waals surface area contributed by atoms with E-state index in [1.807, 2.05) is 6.07 Å². The number of rotatable bonds is 6. The first-order valence-corrected chi connectivity index (χ1v) is 11.9. The van der Waals surface area contributed by atoms with E-state index < -0.39 is 5.97 Å². The van der Waals surface area contributed by atoms with E-state index in [4.69, 9.17) is 16.7 Å². The van der Waals surface area contributed by atoms with E-state index in [2.05, 4.69) is 41.0 Å². The highest BCUT2D eigenvalue weighted by atomic mass is 35.5. The number of halogens is 1. The summed E-state index contributed by atoms with van der Waals surface area (Å²) in [5.41, 5.74) is 2.38. The van der Waals surface area contributed by atoms with E-state index >= 15 is 0 Å². The number of aromatic nitrogens is 2. The number of carbonyl (C=O) groups is 2. The maximum Gasteiger partial charge on any atom is 0.356 e. The van der Waals surface area contributed by atoms with Gasteiger partial charge in [0.1, 0.15) is 0 Å². The van der Waals surface area contributed by atoms with Crippen molar-refractivity contribution < 1.29 is 14.7 Å². The molecule has 1 amide bonds. The predicted molar refractivity (Wildman–Crippen MR) is 128 cm³/mol. The maximum atomic E-state index is 12.7. The second-order valence-corrected chi connectivity index (χ2v) is 10.1. The van der Waals surface area contributed by atoms with Crippen molar-refractivity contribution in [2.24, 2.45) is 5.41 Å². The summed E-state index contributed by atoms with van der Waals surface area (Å²) in [6, 6.07) is 7.42. The zero-order valence-corrected chi connectivity index (χ0v) is 20.1. The van der Waals surface area contributed by atoms with E-state index in [-0.39, 0.29) is 17.1 Å². The molecule has 0 spiro atoms. The smallest absolute Gasteiger partial charge is 0.356 e. The predicted octanol–water partition coefficient (Wildman–Crippen LogP) is 4.04. The van der Waals surface area contributed by atoms with Gasteiger partial charge in [-0.2, -0.15) is 9.78 Å². The summed E-state index contributed by atoms with van der Waals surface area (Å²) < 4.78 is 1.12. The van der Waals surface area contributed by atoms with E-state index in [0.29, 0.717) is 13.1 Å². The lowest BCUT2D eigenvalue weighted by Crippen LogP contribution is -2.47. The summed E-state index contributed by atoms with van der Waals surface area (Å²) in [5.74, 6) is -1.14. The summed E-state index contributed by atoms with van der Waals surface area (Å²) in [6.45, 7) is 7.46. The zero-order chi connectivity index (χ0) is 23.6. The molecule has 0 aliphatic carbocycles. The van der Waals surface area contributed by atoms with Crippen molar-refractivity contribution in [3.8, 4) is 0 Å². The molecular formula is C24H32ClN5O3. The van der Waals surface area contributed by atoms with Gasteiger partial charge < -0.3 is 19.8 Å². The highest BCUT2D eigenvalue weighted by Crippen LogP contribution is 2.33. The molecule has 1 N–H and O–H groups in total. The van der Waals surface area contributed by atoms with Crippen LogP contribution in [-0.2, 0) is 6.54 Å². The van der Waals surface area contributed by atoms with Crippen molar-refractivity contribution in [3.05, 3.63) is 46.7 Å². The van der Waals surface area contributed by atoms with Crippen LogP contribution < -0.4 is 4.90 Å². The maximum absolute atomic E-state index is 12.7. The van der Waals surface area contributed by atoms with Gasteiger partial charge in [-0.05, 0) is 61.9 Å². The lowest BCUT2D eigenvalue weighted by Gasteiger charge is -2.41. The minimum absolute atomic E-state index is 0.103. The first-order chi connectivity index (χ1) is 15.7. The Balaban J connectivity index is 1.32. The fourth-order valence-corrected chi connectivity index (χ4v) is 5.20. The first kappa shape index (κ1) is 23.6. The number of piperidine rings is 1. The van der Waals surface area contributed by atoms with Gasteiger partial charge in [0.15, 0.2) is 5.69 Å². The number of amides is 1. The Labute approximate surface area is 199 Å². The molecule has 178 valence electrons. The van der Waals surface area contributed by atoms with Crippen molar-refractivity contribution in [1.29, 1.82) is 0 Å². The summed E-state index contributed by atoms with van der Waals surface area (Å²) in [4.78, 5) is 30.2. The lowest BCUT2D eigenvalue weighted by atomic mass is 9.80. The molecule has 4 rings (SSSR count). The molecule has 2 aliphatic rings. The first-order valence-electron chi connectivity index (χ1n) is 11.5. The Hall–Kier alpha value is -2.58. The molecule has 0 atom stereocenters. The average molecular weight is 474 g/mol. The second-order valence-electron chi connectivity index (χ2n) is 9.68. The van der Waals surface area contributed by atoms with Gasteiger partial charge in [-0.15, -0.1) is 0 Å². The molecule has 2 aromatic rings.